The number of para-hydroxylation sites is 2. The van der Waals surface area contributed by atoms with E-state index in [0.717, 1.165) is 0 Å². The molecule has 0 aliphatic carbocycles. The van der Waals surface area contributed by atoms with E-state index < -0.39 is 0 Å². The van der Waals surface area contributed by atoms with Gasteiger partial charge in [-0.15, -0.1) is 0 Å². The van der Waals surface area contributed by atoms with Gasteiger partial charge in [-0.2, -0.15) is 0 Å². The Morgan fingerprint density at radius 3 is 2.02 bits per heavy atom. The molecule has 3 nitrogen and oxygen atoms in total. The van der Waals surface area contributed by atoms with Crippen LogP contribution >= 0.6 is 0 Å². The van der Waals surface area contributed by atoms with Gasteiger partial charge >= 0.3 is 0 Å². The fourth-order valence-electron chi connectivity index (χ4n) is 7.02. The molecule has 8 rings (SSSR count). The van der Waals surface area contributed by atoms with E-state index in [4.69, 9.17) is 0 Å². The topological polar surface area (TPSA) is 27.3 Å². The molecule has 0 bridgehead atoms. The maximum Gasteiger partial charge on any atom is 0.115 e. The zero-order chi connectivity index (χ0) is 26.8. The number of nitrogens with one attached hydrogen (secondary N) is 2. The summed E-state index contributed by atoms with van der Waals surface area (Å²) in [4.78, 5) is 2.58. The van der Waals surface area contributed by atoms with Crippen LogP contribution in [0.5, 0.6) is 0 Å². The monoisotopic (exact) mass is 517 g/mol. The molecule has 2 atom stereocenters. The molecule has 0 amide bonds. The van der Waals surface area contributed by atoms with Gasteiger partial charge in [-0.3, -0.25) is 5.32 Å². The van der Waals surface area contributed by atoms with Crippen molar-refractivity contribution in [2.45, 2.75) is 31.6 Å². The van der Waals surface area contributed by atoms with E-state index in [-0.39, 0.29) is 17.7 Å². The van der Waals surface area contributed by atoms with Crippen molar-refractivity contribution in [3.05, 3.63) is 155 Å². The van der Waals surface area contributed by atoms with Gasteiger partial charge in [-0.05, 0) is 39.4 Å². The number of fused-ring (bicyclic) bond motifs is 7. The quantitative estimate of drug-likeness (QED) is 0.247. The van der Waals surface area contributed by atoms with Crippen molar-refractivity contribution in [1.29, 1.82) is 0 Å². The van der Waals surface area contributed by atoms with Crippen molar-refractivity contribution in [1.82, 2.24) is 10.6 Å². The first-order chi connectivity index (χ1) is 19.6. The molecule has 3 aliphatic heterocycles. The lowest BCUT2D eigenvalue weighted by atomic mass is 9.72. The van der Waals surface area contributed by atoms with E-state index in [1.165, 1.54) is 61.6 Å². The first kappa shape index (κ1) is 23.3. The Labute approximate surface area is 235 Å². The third-order valence-electron chi connectivity index (χ3n) is 8.90. The predicted molar refractivity (Wildman–Crippen MR) is 165 cm³/mol. The van der Waals surface area contributed by atoms with Crippen molar-refractivity contribution in [3.63, 3.8) is 0 Å². The van der Waals surface area contributed by atoms with Crippen molar-refractivity contribution >= 4 is 22.6 Å². The van der Waals surface area contributed by atoms with Gasteiger partial charge in [0.05, 0.1) is 11.4 Å². The predicted octanol–water partition coefficient (Wildman–Crippen LogP) is 8.23. The molecule has 0 saturated heterocycles. The zero-order valence-corrected chi connectivity index (χ0v) is 22.7. The summed E-state index contributed by atoms with van der Waals surface area (Å²) in [6, 6.07) is 46.3. The zero-order valence-electron chi connectivity index (χ0n) is 22.7. The minimum Gasteiger partial charge on any atom is -0.365 e. The van der Waals surface area contributed by atoms with Gasteiger partial charge in [-0.25, -0.2) is 0 Å². The number of rotatable bonds is 2. The van der Waals surface area contributed by atoms with E-state index in [1.54, 1.807) is 0 Å². The lowest BCUT2D eigenvalue weighted by Gasteiger charge is -2.48. The maximum atomic E-state index is 4.08. The normalized spacial score (nSPS) is 19.9. The smallest absolute Gasteiger partial charge is 0.115 e. The van der Waals surface area contributed by atoms with Gasteiger partial charge in [0.25, 0.3) is 0 Å². The summed E-state index contributed by atoms with van der Waals surface area (Å²) in [6.45, 7) is 4.73. The summed E-state index contributed by atoms with van der Waals surface area (Å²) in [5.74, 6) is 0. The summed E-state index contributed by atoms with van der Waals surface area (Å²) in [5, 5.41) is 8.02. The van der Waals surface area contributed by atoms with Crippen LogP contribution in [-0.2, 0) is 5.41 Å². The van der Waals surface area contributed by atoms with Crippen LogP contribution in [0.15, 0.2) is 127 Å². The molecule has 0 aromatic heterocycles. The lowest BCUT2D eigenvalue weighted by Crippen LogP contribution is -2.54. The van der Waals surface area contributed by atoms with Gasteiger partial charge < -0.3 is 10.2 Å². The fourth-order valence-corrected chi connectivity index (χ4v) is 7.02. The molecule has 40 heavy (non-hydrogen) atoms. The Kier molecular flexibility index (Phi) is 5.07. The molecule has 5 aromatic carbocycles. The van der Waals surface area contributed by atoms with Crippen LogP contribution in [0.4, 0.5) is 11.4 Å². The molecule has 3 aliphatic rings. The summed E-state index contributed by atoms with van der Waals surface area (Å²) >= 11 is 0. The Morgan fingerprint density at radius 1 is 0.600 bits per heavy atom. The molecule has 5 aromatic rings. The Bertz CT molecular complexity index is 1790. The van der Waals surface area contributed by atoms with Crippen LogP contribution in [0.25, 0.3) is 22.4 Å². The largest absolute Gasteiger partial charge is 0.365 e. The molecule has 0 spiro atoms. The standard InChI is InChI=1S/C37H31N3/c1-37(2)29-21-11-12-23-31(29)40-34-28(20-13-22-30(34)37)26-18-9-10-19-27(26)32-33(24-14-5-3-6-15-24)38-35(39-36(32)40)25-16-7-4-8-17-25/h3-23,35-36,38-39H,1-2H3. The first-order valence-electron chi connectivity index (χ1n) is 14.1. The number of anilines is 2. The van der Waals surface area contributed by atoms with Crippen molar-refractivity contribution in [3.8, 4) is 11.1 Å². The Morgan fingerprint density at radius 2 is 1.23 bits per heavy atom. The van der Waals surface area contributed by atoms with Crippen molar-refractivity contribution in [2.75, 3.05) is 4.90 Å². The number of hydrogen-bond donors (Lipinski definition) is 2. The van der Waals surface area contributed by atoms with E-state index in [2.05, 4.69) is 157 Å². The Hall–Kier alpha value is -4.60. The Balaban J connectivity index is 1.50. The van der Waals surface area contributed by atoms with E-state index in [0.29, 0.717) is 0 Å². The summed E-state index contributed by atoms with van der Waals surface area (Å²) in [7, 11) is 0. The van der Waals surface area contributed by atoms with Crippen LogP contribution in [0.3, 0.4) is 0 Å². The number of benzene rings is 5. The van der Waals surface area contributed by atoms with Crippen molar-refractivity contribution in [2.24, 2.45) is 0 Å². The second-order valence-electron chi connectivity index (χ2n) is 11.5. The maximum absolute atomic E-state index is 4.08. The molecule has 0 saturated carbocycles. The minimum absolute atomic E-state index is 0.0619. The van der Waals surface area contributed by atoms with E-state index >= 15 is 0 Å². The highest BCUT2D eigenvalue weighted by Gasteiger charge is 2.45. The second-order valence-corrected chi connectivity index (χ2v) is 11.5. The third kappa shape index (κ3) is 3.28. The van der Waals surface area contributed by atoms with Crippen LogP contribution in [0, 0.1) is 0 Å². The SMILES string of the molecule is CC1(C)c2ccccc2N2c3c(cccc31)-c1ccccc1C1=C(c3ccccc3)NC(c3ccccc3)NC12. The average Bonchev–Trinajstić information content (AvgIpc) is 3.14. The summed E-state index contributed by atoms with van der Waals surface area (Å²) < 4.78 is 0. The van der Waals surface area contributed by atoms with E-state index in [1.807, 2.05) is 0 Å². The van der Waals surface area contributed by atoms with Crippen molar-refractivity contribution < 1.29 is 0 Å². The van der Waals surface area contributed by atoms with Crippen LogP contribution in [0.1, 0.15) is 47.8 Å². The number of hydrogen-bond acceptors (Lipinski definition) is 3. The molecule has 2 unspecified atom stereocenters. The highest BCUT2D eigenvalue weighted by Crippen LogP contribution is 2.57. The fraction of sp³-hybridized carbons (Fsp3) is 0.135. The first-order valence-corrected chi connectivity index (χ1v) is 14.1. The van der Waals surface area contributed by atoms with E-state index in [9.17, 15) is 0 Å². The molecule has 194 valence electrons. The van der Waals surface area contributed by atoms with Crippen LogP contribution < -0.4 is 15.5 Å². The molecular formula is C37H31N3. The summed E-state index contributed by atoms with van der Waals surface area (Å²) in [6.07, 6.45) is -0.157. The van der Waals surface area contributed by atoms with Gasteiger partial charge in [0, 0.05) is 22.2 Å². The molecule has 0 fully saturated rings. The van der Waals surface area contributed by atoms with Gasteiger partial charge in [0.2, 0.25) is 0 Å². The van der Waals surface area contributed by atoms with Crippen LogP contribution in [0.2, 0.25) is 0 Å². The molecule has 3 heteroatoms. The third-order valence-corrected chi connectivity index (χ3v) is 8.90. The van der Waals surface area contributed by atoms with Crippen LogP contribution in [-0.4, -0.2) is 6.17 Å². The molecule has 0 radical (unpaired) electrons. The van der Waals surface area contributed by atoms with Gasteiger partial charge in [0.15, 0.2) is 0 Å². The highest BCUT2D eigenvalue weighted by atomic mass is 15.3. The average molecular weight is 518 g/mol. The second kappa shape index (κ2) is 8.70. The molecular weight excluding hydrogens is 486 g/mol. The lowest BCUT2D eigenvalue weighted by molar-refractivity contribution is 0.442. The van der Waals surface area contributed by atoms with Gasteiger partial charge in [0.1, 0.15) is 12.3 Å². The van der Waals surface area contributed by atoms with Gasteiger partial charge in [-0.1, -0.05) is 135 Å². The molecule has 3 heterocycles. The highest BCUT2D eigenvalue weighted by molar-refractivity contribution is 6.05. The minimum atomic E-state index is -0.129. The molecule has 2 N–H and O–H groups in total. The summed E-state index contributed by atoms with van der Waals surface area (Å²) in [5.41, 5.74) is 13.8. The number of nitrogens with zero attached hydrogens (tertiary/aromatic N) is 1.